The summed E-state index contributed by atoms with van der Waals surface area (Å²) in [6.07, 6.45) is 14.1. The van der Waals surface area contributed by atoms with Gasteiger partial charge in [0.15, 0.2) is 0 Å². The van der Waals surface area contributed by atoms with Crippen LogP contribution in [0.2, 0.25) is 0 Å². The second-order valence-electron chi connectivity index (χ2n) is 6.24. The third-order valence-electron chi connectivity index (χ3n) is 4.30. The Morgan fingerprint density at radius 1 is 0.783 bits per heavy atom. The van der Waals surface area contributed by atoms with E-state index in [4.69, 9.17) is 0 Å². The van der Waals surface area contributed by atoms with Crippen molar-refractivity contribution >= 4 is 23.1 Å². The fraction of sp³-hybridized carbons (Fsp3) is 0.700. The first kappa shape index (κ1) is 20.2. The molecule has 2 nitrogen and oxygen atoms in total. The molecule has 0 spiro atoms. The number of rotatable bonds is 14. The van der Waals surface area contributed by atoms with E-state index < -0.39 is 0 Å². The van der Waals surface area contributed by atoms with Gasteiger partial charge in [0.1, 0.15) is 0 Å². The Kier molecular flexibility index (Phi) is 11.9. The molecular formula is C20H36N2S. The van der Waals surface area contributed by atoms with Crippen LogP contribution in [-0.2, 0) is 0 Å². The van der Waals surface area contributed by atoms with Crippen molar-refractivity contribution in [3.8, 4) is 0 Å². The molecule has 0 aliphatic rings. The summed E-state index contributed by atoms with van der Waals surface area (Å²) in [5.74, 6) is 1.22. The Hall–Kier alpha value is -0.830. The number of benzene rings is 1. The van der Waals surface area contributed by atoms with Gasteiger partial charge in [-0.05, 0) is 30.4 Å². The van der Waals surface area contributed by atoms with Crippen LogP contribution in [0.3, 0.4) is 0 Å². The average molecular weight is 337 g/mol. The van der Waals surface area contributed by atoms with Crippen molar-refractivity contribution in [2.24, 2.45) is 0 Å². The minimum atomic E-state index is 1.19. The lowest BCUT2D eigenvalue weighted by Crippen LogP contribution is -1.94. The SMILES string of the molecule is CCCCCCCCCCCCSc1cc(NC)ccc1NC. The molecule has 2 N–H and O–H groups in total. The van der Waals surface area contributed by atoms with E-state index in [1.165, 1.54) is 86.2 Å². The predicted octanol–water partition coefficient (Wildman–Crippen LogP) is 6.78. The van der Waals surface area contributed by atoms with E-state index in [0.717, 1.165) is 0 Å². The van der Waals surface area contributed by atoms with Gasteiger partial charge in [-0.3, -0.25) is 0 Å². The van der Waals surface area contributed by atoms with Gasteiger partial charge in [-0.1, -0.05) is 64.7 Å². The summed E-state index contributed by atoms with van der Waals surface area (Å²) in [4.78, 5) is 1.36. The van der Waals surface area contributed by atoms with Crippen LogP contribution in [0.1, 0.15) is 71.1 Å². The Morgan fingerprint density at radius 3 is 1.96 bits per heavy atom. The first-order chi connectivity index (χ1) is 11.3. The predicted molar refractivity (Wildman–Crippen MR) is 108 cm³/mol. The van der Waals surface area contributed by atoms with Gasteiger partial charge in [0.25, 0.3) is 0 Å². The van der Waals surface area contributed by atoms with Crippen molar-refractivity contribution in [1.82, 2.24) is 0 Å². The first-order valence-corrected chi connectivity index (χ1v) is 10.4. The lowest BCUT2D eigenvalue weighted by Gasteiger charge is -2.11. The van der Waals surface area contributed by atoms with Crippen molar-refractivity contribution in [3.05, 3.63) is 18.2 Å². The number of hydrogen-bond donors (Lipinski definition) is 2. The number of nitrogens with one attached hydrogen (secondary N) is 2. The highest BCUT2D eigenvalue weighted by atomic mass is 32.2. The Labute approximate surface area is 148 Å². The van der Waals surface area contributed by atoms with Crippen LogP contribution in [0.25, 0.3) is 0 Å². The molecule has 1 rings (SSSR count). The number of unbranched alkanes of at least 4 members (excludes halogenated alkanes) is 9. The Morgan fingerprint density at radius 2 is 1.39 bits per heavy atom. The molecule has 0 radical (unpaired) electrons. The van der Waals surface area contributed by atoms with Gasteiger partial charge >= 0.3 is 0 Å². The summed E-state index contributed by atoms with van der Waals surface area (Å²) in [5, 5.41) is 6.51. The molecule has 0 saturated heterocycles. The molecule has 0 aromatic heterocycles. The van der Waals surface area contributed by atoms with Crippen molar-refractivity contribution in [2.75, 3.05) is 30.5 Å². The molecule has 1 aromatic rings. The fourth-order valence-electron chi connectivity index (χ4n) is 2.78. The zero-order valence-corrected chi connectivity index (χ0v) is 16.2. The van der Waals surface area contributed by atoms with Crippen LogP contribution >= 0.6 is 11.8 Å². The monoisotopic (exact) mass is 336 g/mol. The smallest absolute Gasteiger partial charge is 0.0477 e. The molecule has 0 amide bonds. The van der Waals surface area contributed by atoms with Crippen molar-refractivity contribution in [1.29, 1.82) is 0 Å². The molecule has 0 heterocycles. The van der Waals surface area contributed by atoms with Gasteiger partial charge in [0.05, 0.1) is 0 Å². The molecular weight excluding hydrogens is 300 g/mol. The van der Waals surface area contributed by atoms with Gasteiger partial charge in [-0.15, -0.1) is 11.8 Å². The normalized spacial score (nSPS) is 10.7. The molecule has 0 saturated carbocycles. The second-order valence-corrected chi connectivity index (χ2v) is 7.38. The molecule has 1 aromatic carbocycles. The third-order valence-corrected chi connectivity index (χ3v) is 5.44. The molecule has 0 bridgehead atoms. The van der Waals surface area contributed by atoms with Crippen LogP contribution in [-0.4, -0.2) is 19.8 Å². The number of anilines is 2. The van der Waals surface area contributed by atoms with E-state index in [0.29, 0.717) is 0 Å². The van der Waals surface area contributed by atoms with Gasteiger partial charge in [0, 0.05) is 30.4 Å². The largest absolute Gasteiger partial charge is 0.388 e. The average Bonchev–Trinajstić information content (AvgIpc) is 2.59. The molecule has 0 atom stereocenters. The third kappa shape index (κ3) is 9.14. The van der Waals surface area contributed by atoms with Crippen molar-refractivity contribution in [2.45, 2.75) is 76.0 Å². The summed E-state index contributed by atoms with van der Waals surface area (Å²) in [6, 6.07) is 6.52. The first-order valence-electron chi connectivity index (χ1n) is 9.44. The summed E-state index contributed by atoms with van der Waals surface area (Å²) in [6.45, 7) is 2.28. The summed E-state index contributed by atoms with van der Waals surface area (Å²) < 4.78 is 0. The maximum Gasteiger partial charge on any atom is 0.0477 e. The van der Waals surface area contributed by atoms with E-state index in [1.807, 2.05) is 25.9 Å². The minimum absolute atomic E-state index is 1.19. The van der Waals surface area contributed by atoms with E-state index in [1.54, 1.807) is 0 Å². The van der Waals surface area contributed by atoms with Crippen LogP contribution in [0.4, 0.5) is 11.4 Å². The quantitative estimate of drug-likeness (QED) is 0.289. The molecule has 0 aliphatic carbocycles. The second kappa shape index (κ2) is 13.6. The summed E-state index contributed by atoms with van der Waals surface area (Å²) in [5.41, 5.74) is 2.43. The molecule has 3 heteroatoms. The summed E-state index contributed by atoms with van der Waals surface area (Å²) in [7, 11) is 3.98. The highest BCUT2D eigenvalue weighted by Crippen LogP contribution is 2.30. The van der Waals surface area contributed by atoms with Gasteiger partial charge in [-0.2, -0.15) is 0 Å². The zero-order chi connectivity index (χ0) is 16.8. The number of thioether (sulfide) groups is 1. The van der Waals surface area contributed by atoms with Gasteiger partial charge in [-0.25, -0.2) is 0 Å². The molecule has 0 unspecified atom stereocenters. The lowest BCUT2D eigenvalue weighted by molar-refractivity contribution is 0.563. The maximum absolute atomic E-state index is 3.29. The van der Waals surface area contributed by atoms with E-state index in [-0.39, 0.29) is 0 Å². The van der Waals surface area contributed by atoms with Crippen LogP contribution in [0.15, 0.2) is 23.1 Å². The van der Waals surface area contributed by atoms with Crippen molar-refractivity contribution in [3.63, 3.8) is 0 Å². The van der Waals surface area contributed by atoms with E-state index in [2.05, 4.69) is 35.8 Å². The molecule has 23 heavy (non-hydrogen) atoms. The number of hydrogen-bond acceptors (Lipinski definition) is 3. The van der Waals surface area contributed by atoms with Crippen LogP contribution in [0, 0.1) is 0 Å². The maximum atomic E-state index is 3.29. The fourth-order valence-corrected chi connectivity index (χ4v) is 3.88. The van der Waals surface area contributed by atoms with Crippen LogP contribution < -0.4 is 10.6 Å². The lowest BCUT2D eigenvalue weighted by atomic mass is 10.1. The minimum Gasteiger partial charge on any atom is -0.388 e. The highest BCUT2D eigenvalue weighted by molar-refractivity contribution is 7.99. The Bertz CT molecular complexity index is 407. The van der Waals surface area contributed by atoms with E-state index >= 15 is 0 Å². The van der Waals surface area contributed by atoms with Gasteiger partial charge < -0.3 is 10.6 Å². The molecule has 0 aliphatic heterocycles. The van der Waals surface area contributed by atoms with Gasteiger partial charge in [0.2, 0.25) is 0 Å². The molecule has 132 valence electrons. The van der Waals surface area contributed by atoms with Crippen LogP contribution in [0.5, 0.6) is 0 Å². The topological polar surface area (TPSA) is 24.1 Å². The molecule has 0 fully saturated rings. The summed E-state index contributed by atoms with van der Waals surface area (Å²) >= 11 is 1.98. The standard InChI is InChI=1S/C20H36N2S/c1-4-5-6-7-8-9-10-11-12-13-16-23-20-17-18(21-2)14-15-19(20)22-3/h14-15,17,21-22H,4-13,16H2,1-3H3. The highest BCUT2D eigenvalue weighted by Gasteiger charge is 2.03. The van der Waals surface area contributed by atoms with Crippen molar-refractivity contribution < 1.29 is 0 Å². The van der Waals surface area contributed by atoms with E-state index in [9.17, 15) is 0 Å². The Balaban J connectivity index is 2.06. The zero-order valence-electron chi connectivity index (χ0n) is 15.4.